The number of anilines is 1. The minimum Gasteiger partial charge on any atom is -0.497 e. The lowest BCUT2D eigenvalue weighted by molar-refractivity contribution is 0.0931. The van der Waals surface area contributed by atoms with Gasteiger partial charge in [0.15, 0.2) is 0 Å². The largest absolute Gasteiger partial charge is 0.497 e. The fourth-order valence-corrected chi connectivity index (χ4v) is 2.14. The van der Waals surface area contributed by atoms with Gasteiger partial charge in [-0.1, -0.05) is 6.07 Å². The van der Waals surface area contributed by atoms with E-state index in [9.17, 15) is 4.79 Å². The molecule has 0 heterocycles. The van der Waals surface area contributed by atoms with Crippen molar-refractivity contribution in [3.8, 4) is 11.5 Å². The van der Waals surface area contributed by atoms with Crippen LogP contribution in [0.15, 0.2) is 42.5 Å². The average Bonchev–Trinajstić information content (AvgIpc) is 2.55. The van der Waals surface area contributed by atoms with E-state index in [1.54, 1.807) is 19.2 Å². The zero-order valence-corrected chi connectivity index (χ0v) is 14.9. The Labute approximate surface area is 148 Å². The first-order valence-electron chi connectivity index (χ1n) is 7.44. The molecular weight excluding hydrogens is 328 g/mol. The maximum Gasteiger partial charge on any atom is 0.251 e. The van der Waals surface area contributed by atoms with Crippen molar-refractivity contribution in [3.63, 3.8) is 0 Å². The second-order valence-electron chi connectivity index (χ2n) is 5.39. The first-order valence-corrected chi connectivity index (χ1v) is 7.44. The number of ether oxygens (including phenoxy) is 2. The van der Waals surface area contributed by atoms with Gasteiger partial charge in [0.05, 0.1) is 13.7 Å². The predicted octanol–water partition coefficient (Wildman–Crippen LogP) is 3.20. The number of carbonyl (C=O) groups excluding carboxylic acids is 1. The summed E-state index contributed by atoms with van der Waals surface area (Å²) in [6.45, 7) is 4.18. The van der Waals surface area contributed by atoms with Gasteiger partial charge in [0.1, 0.15) is 17.6 Å². The van der Waals surface area contributed by atoms with Gasteiger partial charge in [-0.2, -0.15) is 0 Å². The van der Waals surface area contributed by atoms with Crippen molar-refractivity contribution in [2.24, 2.45) is 0 Å². The lowest BCUT2D eigenvalue weighted by Crippen LogP contribution is -2.33. The normalized spacial score (nSPS) is 11.1. The van der Waals surface area contributed by atoms with E-state index in [-0.39, 0.29) is 24.4 Å². The third kappa shape index (κ3) is 5.35. The van der Waals surface area contributed by atoms with Gasteiger partial charge in [0.25, 0.3) is 5.91 Å². The predicted molar refractivity (Wildman–Crippen MR) is 98.3 cm³/mol. The number of hydrogen-bond acceptors (Lipinski definition) is 4. The van der Waals surface area contributed by atoms with Crippen molar-refractivity contribution in [1.29, 1.82) is 0 Å². The standard InChI is InChI=1S/C18H22N2O3.ClH/c1-12-4-5-14(19)10-17(12)18(21)20-11-13(2)23-16-8-6-15(22-3)7-9-16;/h4-10,13H,11,19H2,1-3H3,(H,20,21);1H. The van der Waals surface area contributed by atoms with E-state index in [1.807, 2.05) is 44.2 Å². The number of rotatable bonds is 6. The highest BCUT2D eigenvalue weighted by Gasteiger charge is 2.11. The fraction of sp³-hybridized carbons (Fsp3) is 0.278. The second-order valence-corrected chi connectivity index (χ2v) is 5.39. The molecule has 0 spiro atoms. The lowest BCUT2D eigenvalue weighted by atomic mass is 10.1. The van der Waals surface area contributed by atoms with Crippen molar-refractivity contribution < 1.29 is 14.3 Å². The average molecular weight is 351 g/mol. The highest BCUT2D eigenvalue weighted by Crippen LogP contribution is 2.18. The molecule has 130 valence electrons. The molecule has 2 rings (SSSR count). The Morgan fingerprint density at radius 2 is 1.79 bits per heavy atom. The van der Waals surface area contributed by atoms with E-state index >= 15 is 0 Å². The highest BCUT2D eigenvalue weighted by atomic mass is 35.5. The van der Waals surface area contributed by atoms with Crippen LogP contribution in [0.5, 0.6) is 11.5 Å². The molecule has 0 aromatic heterocycles. The molecule has 0 fully saturated rings. The zero-order chi connectivity index (χ0) is 16.8. The Morgan fingerprint density at radius 3 is 2.42 bits per heavy atom. The Morgan fingerprint density at radius 1 is 1.17 bits per heavy atom. The maximum absolute atomic E-state index is 12.2. The van der Waals surface area contributed by atoms with Gasteiger partial charge in [-0.3, -0.25) is 4.79 Å². The summed E-state index contributed by atoms with van der Waals surface area (Å²) in [5.74, 6) is 1.35. The quantitative estimate of drug-likeness (QED) is 0.784. The number of halogens is 1. The SMILES string of the molecule is COc1ccc(OC(C)CNC(=O)c2cc(N)ccc2C)cc1.Cl. The van der Waals surface area contributed by atoms with Crippen LogP contribution in [0.4, 0.5) is 5.69 Å². The summed E-state index contributed by atoms with van der Waals surface area (Å²) in [5.41, 5.74) is 7.78. The lowest BCUT2D eigenvalue weighted by Gasteiger charge is -2.16. The topological polar surface area (TPSA) is 73.6 Å². The summed E-state index contributed by atoms with van der Waals surface area (Å²) in [4.78, 5) is 12.2. The number of aryl methyl sites for hydroxylation is 1. The molecule has 0 saturated carbocycles. The summed E-state index contributed by atoms with van der Waals surface area (Å²) in [5, 5.41) is 2.87. The number of benzene rings is 2. The minimum absolute atomic E-state index is 0. The number of nitrogen functional groups attached to an aromatic ring is 1. The molecule has 0 aliphatic heterocycles. The molecule has 1 unspecified atom stereocenters. The van der Waals surface area contributed by atoms with E-state index in [4.69, 9.17) is 15.2 Å². The Balaban J connectivity index is 0.00000288. The fourth-order valence-electron chi connectivity index (χ4n) is 2.14. The van der Waals surface area contributed by atoms with Crippen LogP contribution in [0.2, 0.25) is 0 Å². The summed E-state index contributed by atoms with van der Waals surface area (Å²) in [7, 11) is 1.62. The van der Waals surface area contributed by atoms with E-state index in [1.165, 1.54) is 0 Å². The number of amides is 1. The van der Waals surface area contributed by atoms with Gasteiger partial charge in [-0.15, -0.1) is 12.4 Å². The van der Waals surface area contributed by atoms with Crippen molar-refractivity contribution in [1.82, 2.24) is 5.32 Å². The van der Waals surface area contributed by atoms with Crippen LogP contribution in [0, 0.1) is 6.92 Å². The van der Waals surface area contributed by atoms with Crippen LogP contribution in [0.25, 0.3) is 0 Å². The molecule has 0 bridgehead atoms. The molecule has 0 saturated heterocycles. The Hall–Kier alpha value is -2.40. The molecular formula is C18H23ClN2O3. The van der Waals surface area contributed by atoms with Gasteiger partial charge < -0.3 is 20.5 Å². The smallest absolute Gasteiger partial charge is 0.251 e. The summed E-state index contributed by atoms with van der Waals surface area (Å²) in [6, 6.07) is 12.6. The van der Waals surface area contributed by atoms with Gasteiger partial charge in [-0.25, -0.2) is 0 Å². The second kappa shape index (κ2) is 9.03. The van der Waals surface area contributed by atoms with Crippen molar-refractivity contribution in [2.75, 3.05) is 19.4 Å². The molecule has 1 amide bonds. The minimum atomic E-state index is -0.159. The van der Waals surface area contributed by atoms with Gasteiger partial charge in [0, 0.05) is 11.3 Å². The van der Waals surface area contributed by atoms with Crippen molar-refractivity contribution in [3.05, 3.63) is 53.6 Å². The molecule has 1 atom stereocenters. The molecule has 0 radical (unpaired) electrons. The van der Waals surface area contributed by atoms with Gasteiger partial charge in [-0.05, 0) is 55.8 Å². The van der Waals surface area contributed by atoms with E-state index in [0.717, 1.165) is 17.1 Å². The van der Waals surface area contributed by atoms with Gasteiger partial charge in [0.2, 0.25) is 0 Å². The first kappa shape index (κ1) is 19.6. The molecule has 3 N–H and O–H groups in total. The number of methoxy groups -OCH3 is 1. The van der Waals surface area contributed by atoms with E-state index in [0.29, 0.717) is 17.8 Å². The first-order chi connectivity index (χ1) is 11.0. The summed E-state index contributed by atoms with van der Waals surface area (Å²) < 4.78 is 10.9. The van der Waals surface area contributed by atoms with E-state index in [2.05, 4.69) is 5.32 Å². The van der Waals surface area contributed by atoms with Crippen LogP contribution in [-0.4, -0.2) is 25.7 Å². The zero-order valence-electron chi connectivity index (χ0n) is 14.0. The molecule has 24 heavy (non-hydrogen) atoms. The molecule has 0 aliphatic rings. The molecule has 2 aromatic carbocycles. The molecule has 0 aliphatic carbocycles. The molecule has 5 nitrogen and oxygen atoms in total. The third-order valence-electron chi connectivity index (χ3n) is 3.45. The monoisotopic (exact) mass is 350 g/mol. The van der Waals surface area contributed by atoms with Crippen LogP contribution >= 0.6 is 12.4 Å². The number of carbonyl (C=O) groups is 1. The van der Waals surface area contributed by atoms with Crippen molar-refractivity contribution in [2.45, 2.75) is 20.0 Å². The number of hydrogen-bond donors (Lipinski definition) is 2. The van der Waals surface area contributed by atoms with Crippen LogP contribution in [0.3, 0.4) is 0 Å². The van der Waals surface area contributed by atoms with Crippen LogP contribution in [-0.2, 0) is 0 Å². The van der Waals surface area contributed by atoms with Crippen LogP contribution < -0.4 is 20.5 Å². The van der Waals surface area contributed by atoms with E-state index < -0.39 is 0 Å². The number of nitrogens with two attached hydrogens (primary N) is 1. The Kier molecular flexibility index (Phi) is 7.39. The van der Waals surface area contributed by atoms with Crippen LogP contribution in [0.1, 0.15) is 22.8 Å². The summed E-state index contributed by atoms with van der Waals surface area (Å²) >= 11 is 0. The summed E-state index contributed by atoms with van der Waals surface area (Å²) in [6.07, 6.45) is -0.159. The Bertz CT molecular complexity index is 674. The maximum atomic E-state index is 12.2. The number of nitrogens with one attached hydrogen (secondary N) is 1. The molecule has 6 heteroatoms. The third-order valence-corrected chi connectivity index (χ3v) is 3.45. The van der Waals surface area contributed by atoms with Gasteiger partial charge >= 0.3 is 0 Å². The van der Waals surface area contributed by atoms with Crippen molar-refractivity contribution >= 4 is 24.0 Å². The highest BCUT2D eigenvalue weighted by molar-refractivity contribution is 5.96. The molecule has 2 aromatic rings.